The second-order valence-corrected chi connectivity index (χ2v) is 6.16. The molecule has 5 heteroatoms. The molecule has 1 aromatic carbocycles. The van der Waals surface area contributed by atoms with Crippen LogP contribution < -0.4 is 10.1 Å². The van der Waals surface area contributed by atoms with E-state index in [0.717, 1.165) is 12.0 Å². The predicted octanol–water partition coefficient (Wildman–Crippen LogP) is 2.24. The van der Waals surface area contributed by atoms with Crippen LogP contribution in [0.1, 0.15) is 32.8 Å². The number of hydrogen-bond acceptors (Lipinski definition) is 3. The third-order valence-electron chi connectivity index (χ3n) is 2.71. The number of carboxylic acid groups (broad SMARTS) is 1. The van der Waals surface area contributed by atoms with E-state index >= 15 is 0 Å². The first-order valence-corrected chi connectivity index (χ1v) is 6.96. The van der Waals surface area contributed by atoms with Crippen LogP contribution in [0.4, 0.5) is 0 Å². The molecule has 0 unspecified atom stereocenters. The van der Waals surface area contributed by atoms with Gasteiger partial charge < -0.3 is 15.2 Å². The number of benzene rings is 1. The van der Waals surface area contributed by atoms with Crippen LogP contribution in [0.15, 0.2) is 24.3 Å². The highest BCUT2D eigenvalue weighted by molar-refractivity contribution is 5.76. The molecule has 0 saturated carbocycles. The quantitative estimate of drug-likeness (QED) is 0.808. The SMILES string of the molecule is CC(C)(C)CC(=O)NCCc1ccc(OCC(=O)O)cc1. The lowest BCUT2D eigenvalue weighted by atomic mass is 9.92. The highest BCUT2D eigenvalue weighted by Gasteiger charge is 2.15. The van der Waals surface area contributed by atoms with Crippen LogP contribution in [0.25, 0.3) is 0 Å². The first kappa shape index (κ1) is 17.0. The summed E-state index contributed by atoms with van der Waals surface area (Å²) >= 11 is 0. The smallest absolute Gasteiger partial charge is 0.341 e. The van der Waals surface area contributed by atoms with Crippen molar-refractivity contribution in [3.8, 4) is 5.75 Å². The summed E-state index contributed by atoms with van der Waals surface area (Å²) in [6.07, 6.45) is 1.24. The lowest BCUT2D eigenvalue weighted by Gasteiger charge is -2.17. The van der Waals surface area contributed by atoms with E-state index in [0.29, 0.717) is 18.7 Å². The predicted molar refractivity (Wildman–Crippen MR) is 80.4 cm³/mol. The topological polar surface area (TPSA) is 75.6 Å². The van der Waals surface area contributed by atoms with Gasteiger partial charge in [-0.1, -0.05) is 32.9 Å². The first-order valence-electron chi connectivity index (χ1n) is 6.96. The van der Waals surface area contributed by atoms with Crippen molar-refractivity contribution < 1.29 is 19.4 Å². The lowest BCUT2D eigenvalue weighted by molar-refractivity contribution is -0.139. The number of nitrogens with one attached hydrogen (secondary N) is 1. The molecular weight excluding hydrogens is 270 g/mol. The van der Waals surface area contributed by atoms with Crippen molar-refractivity contribution in [3.05, 3.63) is 29.8 Å². The highest BCUT2D eigenvalue weighted by Crippen LogP contribution is 2.17. The molecule has 1 aromatic rings. The Labute approximate surface area is 125 Å². The van der Waals surface area contributed by atoms with Gasteiger partial charge in [-0.3, -0.25) is 4.79 Å². The fourth-order valence-corrected chi connectivity index (χ4v) is 1.79. The van der Waals surface area contributed by atoms with Crippen LogP contribution in [0.3, 0.4) is 0 Å². The van der Waals surface area contributed by atoms with E-state index in [9.17, 15) is 9.59 Å². The Balaban J connectivity index is 2.33. The third kappa shape index (κ3) is 7.97. The molecule has 0 aliphatic carbocycles. The Bertz CT molecular complexity index is 474. The minimum Gasteiger partial charge on any atom is -0.482 e. The molecule has 0 radical (unpaired) electrons. The summed E-state index contributed by atoms with van der Waals surface area (Å²) in [4.78, 5) is 22.0. The zero-order valence-electron chi connectivity index (χ0n) is 12.8. The fourth-order valence-electron chi connectivity index (χ4n) is 1.79. The Hall–Kier alpha value is -2.04. The molecular formula is C16H23NO4. The summed E-state index contributed by atoms with van der Waals surface area (Å²) in [5.74, 6) is -0.414. The van der Waals surface area contributed by atoms with Crippen molar-refractivity contribution in [2.75, 3.05) is 13.2 Å². The van der Waals surface area contributed by atoms with Crippen molar-refractivity contribution in [1.82, 2.24) is 5.32 Å². The van der Waals surface area contributed by atoms with Gasteiger partial charge in [-0.2, -0.15) is 0 Å². The Morgan fingerprint density at radius 1 is 1.19 bits per heavy atom. The maximum Gasteiger partial charge on any atom is 0.341 e. The number of rotatable bonds is 7. The minimum atomic E-state index is -0.999. The van der Waals surface area contributed by atoms with E-state index in [1.807, 2.05) is 32.9 Å². The molecule has 5 nitrogen and oxygen atoms in total. The lowest BCUT2D eigenvalue weighted by Crippen LogP contribution is -2.29. The Morgan fingerprint density at radius 3 is 2.33 bits per heavy atom. The summed E-state index contributed by atoms with van der Waals surface area (Å²) in [6.45, 7) is 6.33. The number of carbonyl (C=O) groups is 2. The van der Waals surface area contributed by atoms with Crippen molar-refractivity contribution in [1.29, 1.82) is 0 Å². The molecule has 0 saturated heterocycles. The van der Waals surface area contributed by atoms with Crippen molar-refractivity contribution in [2.24, 2.45) is 5.41 Å². The van der Waals surface area contributed by atoms with Crippen LogP contribution in [0.5, 0.6) is 5.75 Å². The molecule has 0 aliphatic heterocycles. The van der Waals surface area contributed by atoms with Crippen molar-refractivity contribution in [3.63, 3.8) is 0 Å². The molecule has 0 bridgehead atoms. The second kappa shape index (κ2) is 7.67. The fraction of sp³-hybridized carbons (Fsp3) is 0.500. The number of aliphatic carboxylic acids is 1. The van der Waals surface area contributed by atoms with Crippen molar-refractivity contribution in [2.45, 2.75) is 33.6 Å². The molecule has 0 spiro atoms. The van der Waals surface area contributed by atoms with Gasteiger partial charge >= 0.3 is 5.97 Å². The number of ether oxygens (including phenoxy) is 1. The number of hydrogen-bond donors (Lipinski definition) is 2. The van der Waals surface area contributed by atoms with Crippen LogP contribution in [-0.2, 0) is 16.0 Å². The molecule has 0 heterocycles. The van der Waals surface area contributed by atoms with Gasteiger partial charge in [-0.05, 0) is 29.5 Å². The van der Waals surface area contributed by atoms with Gasteiger partial charge in [0.2, 0.25) is 5.91 Å². The molecule has 0 aromatic heterocycles. The van der Waals surface area contributed by atoms with Gasteiger partial charge in [-0.15, -0.1) is 0 Å². The van der Waals surface area contributed by atoms with Crippen LogP contribution in [0.2, 0.25) is 0 Å². The first-order chi connectivity index (χ1) is 9.76. The summed E-state index contributed by atoms with van der Waals surface area (Å²) in [7, 11) is 0. The third-order valence-corrected chi connectivity index (χ3v) is 2.71. The van der Waals surface area contributed by atoms with E-state index in [1.54, 1.807) is 12.1 Å². The zero-order valence-corrected chi connectivity index (χ0v) is 12.8. The number of amides is 1. The van der Waals surface area contributed by atoms with Gasteiger partial charge in [0.05, 0.1) is 0 Å². The van der Waals surface area contributed by atoms with E-state index in [1.165, 1.54) is 0 Å². The summed E-state index contributed by atoms with van der Waals surface area (Å²) < 4.78 is 5.05. The zero-order chi connectivity index (χ0) is 15.9. The maximum atomic E-state index is 11.7. The molecule has 21 heavy (non-hydrogen) atoms. The molecule has 0 fully saturated rings. The Kier molecular flexibility index (Phi) is 6.21. The van der Waals surface area contributed by atoms with E-state index in [4.69, 9.17) is 9.84 Å². The molecule has 1 amide bonds. The largest absolute Gasteiger partial charge is 0.482 e. The van der Waals surface area contributed by atoms with E-state index in [-0.39, 0.29) is 17.9 Å². The maximum absolute atomic E-state index is 11.7. The monoisotopic (exact) mass is 293 g/mol. The molecule has 2 N–H and O–H groups in total. The average molecular weight is 293 g/mol. The van der Waals surface area contributed by atoms with Gasteiger partial charge in [0.1, 0.15) is 5.75 Å². The molecule has 0 atom stereocenters. The molecule has 0 aliphatic rings. The summed E-state index contributed by atoms with van der Waals surface area (Å²) in [5.41, 5.74) is 1.06. The normalized spacial score (nSPS) is 11.0. The van der Waals surface area contributed by atoms with E-state index in [2.05, 4.69) is 5.32 Å². The molecule has 1 rings (SSSR count). The van der Waals surface area contributed by atoms with Crippen LogP contribution in [-0.4, -0.2) is 30.1 Å². The molecule has 116 valence electrons. The van der Waals surface area contributed by atoms with Crippen LogP contribution >= 0.6 is 0 Å². The summed E-state index contributed by atoms with van der Waals surface area (Å²) in [6, 6.07) is 7.20. The van der Waals surface area contributed by atoms with Crippen LogP contribution in [0, 0.1) is 5.41 Å². The number of carboxylic acids is 1. The van der Waals surface area contributed by atoms with Gasteiger partial charge in [0, 0.05) is 13.0 Å². The van der Waals surface area contributed by atoms with Gasteiger partial charge in [0.15, 0.2) is 6.61 Å². The van der Waals surface area contributed by atoms with Gasteiger partial charge in [0.25, 0.3) is 0 Å². The summed E-state index contributed by atoms with van der Waals surface area (Å²) in [5, 5.41) is 11.4. The minimum absolute atomic E-state index is 0.00673. The average Bonchev–Trinajstić information content (AvgIpc) is 2.35. The highest BCUT2D eigenvalue weighted by atomic mass is 16.5. The Morgan fingerprint density at radius 2 is 1.81 bits per heavy atom. The van der Waals surface area contributed by atoms with Gasteiger partial charge in [-0.25, -0.2) is 4.79 Å². The number of carbonyl (C=O) groups excluding carboxylic acids is 1. The van der Waals surface area contributed by atoms with Crippen molar-refractivity contribution >= 4 is 11.9 Å². The van der Waals surface area contributed by atoms with E-state index < -0.39 is 5.97 Å². The standard InChI is InChI=1S/C16H23NO4/c1-16(2,3)10-14(18)17-9-8-12-4-6-13(7-5-12)21-11-15(19)20/h4-7H,8-11H2,1-3H3,(H,17,18)(H,19,20). The second-order valence-electron chi connectivity index (χ2n) is 6.16.